The van der Waals surface area contributed by atoms with E-state index in [-0.39, 0.29) is 22.8 Å². The molecule has 0 spiro atoms. The van der Waals surface area contributed by atoms with Crippen molar-refractivity contribution in [2.45, 2.75) is 13.3 Å². The number of benzene rings is 2. The minimum atomic E-state index is -0.775. The summed E-state index contributed by atoms with van der Waals surface area (Å²) in [5.74, 6) is -0.823. The first-order chi connectivity index (χ1) is 16.8. The Bertz CT molecular complexity index is 1480. The first-order valence-electron chi connectivity index (χ1n) is 10.6. The topological polar surface area (TPSA) is 167 Å². The van der Waals surface area contributed by atoms with Gasteiger partial charge in [-0.3, -0.25) is 14.2 Å². The summed E-state index contributed by atoms with van der Waals surface area (Å²) < 4.78 is 1.74. The van der Waals surface area contributed by atoms with Crippen LogP contribution in [0.1, 0.15) is 28.8 Å². The number of fused-ring (bicyclic) bond motifs is 1. The normalized spacial score (nSPS) is 11.0. The number of nitrogens with one attached hydrogen (secondary N) is 1. The summed E-state index contributed by atoms with van der Waals surface area (Å²) >= 11 is 6.20. The molecule has 7 N–H and O–H groups in total. The Labute approximate surface area is 206 Å². The first kappa shape index (κ1) is 25.1. The molecular weight excluding hydrogens is 466 g/mol. The van der Waals surface area contributed by atoms with Gasteiger partial charge in [-0.05, 0) is 36.1 Å². The Kier molecular flexibility index (Phi) is 7.96. The van der Waals surface area contributed by atoms with Gasteiger partial charge < -0.3 is 22.6 Å². The zero-order valence-corrected chi connectivity index (χ0v) is 19.7. The number of aromatic nitrogens is 3. The summed E-state index contributed by atoms with van der Waals surface area (Å²) in [6.07, 6.45) is 4.26. The van der Waals surface area contributed by atoms with Gasteiger partial charge in [-0.1, -0.05) is 48.9 Å². The number of para-hydroxylation sites is 1. The number of amides is 1. The number of carbonyl (C=O) groups excluding carboxylic acids is 1. The molecule has 0 saturated heterocycles. The molecule has 178 valence electrons. The molecule has 2 aromatic carbocycles. The van der Waals surface area contributed by atoms with Crippen molar-refractivity contribution < 1.29 is 4.79 Å². The second kappa shape index (κ2) is 11.1. The van der Waals surface area contributed by atoms with Gasteiger partial charge >= 0.3 is 0 Å². The van der Waals surface area contributed by atoms with Crippen LogP contribution in [0, 0.1) is 5.41 Å². The van der Waals surface area contributed by atoms with Crippen molar-refractivity contribution in [3.63, 3.8) is 0 Å². The zero-order valence-electron chi connectivity index (χ0n) is 18.9. The van der Waals surface area contributed by atoms with Crippen molar-refractivity contribution >= 4 is 45.9 Å². The van der Waals surface area contributed by atoms with Crippen LogP contribution in [0.2, 0.25) is 5.02 Å². The molecule has 10 heteroatoms. The maximum absolute atomic E-state index is 12.8. The van der Waals surface area contributed by atoms with Crippen LogP contribution in [0.15, 0.2) is 71.8 Å². The second-order valence-corrected chi connectivity index (χ2v) is 7.70. The van der Waals surface area contributed by atoms with Crippen molar-refractivity contribution in [3.05, 3.63) is 99.5 Å². The summed E-state index contributed by atoms with van der Waals surface area (Å²) in [4.78, 5) is 31.3. The van der Waals surface area contributed by atoms with Crippen molar-refractivity contribution in [2.75, 3.05) is 5.73 Å². The van der Waals surface area contributed by atoms with E-state index < -0.39 is 5.91 Å². The Morgan fingerprint density at radius 1 is 1.17 bits per heavy atom. The molecule has 0 bridgehead atoms. The number of rotatable bonds is 5. The number of pyridine rings is 1. The van der Waals surface area contributed by atoms with E-state index in [1.807, 2.05) is 55.5 Å². The number of hydrogen-bond donors (Lipinski definition) is 4. The van der Waals surface area contributed by atoms with Crippen molar-refractivity contribution in [2.24, 2.45) is 11.5 Å². The number of primary amides is 1. The molecule has 35 heavy (non-hydrogen) atoms. The lowest BCUT2D eigenvalue weighted by molar-refractivity contribution is 0.0996. The highest BCUT2D eigenvalue weighted by molar-refractivity contribution is 6.35. The molecule has 0 aliphatic rings. The van der Waals surface area contributed by atoms with Crippen molar-refractivity contribution in [1.29, 1.82) is 5.41 Å². The fourth-order valence-electron chi connectivity index (χ4n) is 3.42. The maximum atomic E-state index is 12.8. The van der Waals surface area contributed by atoms with Crippen LogP contribution < -0.4 is 22.8 Å². The molecule has 4 rings (SSSR count). The van der Waals surface area contributed by atoms with E-state index in [9.17, 15) is 9.59 Å². The Balaban J connectivity index is 0.000000205. The van der Waals surface area contributed by atoms with Crippen LogP contribution >= 0.6 is 11.6 Å². The van der Waals surface area contributed by atoms with Crippen molar-refractivity contribution in [3.8, 4) is 5.69 Å². The van der Waals surface area contributed by atoms with E-state index in [2.05, 4.69) is 9.97 Å². The molecular formula is C25H24ClN7O2. The fourth-order valence-corrected chi connectivity index (χ4v) is 3.68. The van der Waals surface area contributed by atoms with E-state index in [1.54, 1.807) is 10.6 Å². The van der Waals surface area contributed by atoms with Gasteiger partial charge in [0.2, 0.25) is 0 Å². The summed E-state index contributed by atoms with van der Waals surface area (Å²) in [6.45, 7) is 2.05. The van der Waals surface area contributed by atoms with Gasteiger partial charge in [0.25, 0.3) is 11.5 Å². The monoisotopic (exact) mass is 489 g/mol. The predicted molar refractivity (Wildman–Crippen MR) is 140 cm³/mol. The van der Waals surface area contributed by atoms with Gasteiger partial charge in [-0.25, -0.2) is 9.97 Å². The molecule has 9 nitrogen and oxygen atoms in total. The molecule has 4 aromatic rings. The summed E-state index contributed by atoms with van der Waals surface area (Å²) in [5, 5.41) is 9.01. The smallest absolute Gasteiger partial charge is 0.271 e. The molecule has 0 aliphatic carbocycles. The Morgan fingerprint density at radius 2 is 1.89 bits per heavy atom. The van der Waals surface area contributed by atoms with Gasteiger partial charge in [-0.2, -0.15) is 0 Å². The summed E-state index contributed by atoms with van der Waals surface area (Å²) in [7, 11) is 0. The molecule has 1 amide bonds. The molecule has 2 aromatic heterocycles. The van der Waals surface area contributed by atoms with Crippen LogP contribution in [0.5, 0.6) is 0 Å². The highest BCUT2D eigenvalue weighted by Crippen LogP contribution is 2.22. The summed E-state index contributed by atoms with van der Waals surface area (Å²) in [5.41, 5.74) is 17.9. The predicted octanol–water partition coefficient (Wildman–Crippen LogP) is 3.31. The number of nitrogens with two attached hydrogens (primary N) is 3. The van der Waals surface area contributed by atoms with Gasteiger partial charge in [0.05, 0.1) is 22.3 Å². The molecule has 0 fully saturated rings. The maximum Gasteiger partial charge on any atom is 0.271 e. The quantitative estimate of drug-likeness (QED) is 0.313. The average molecular weight is 490 g/mol. The molecule has 0 aliphatic heterocycles. The third-order valence-electron chi connectivity index (χ3n) is 5.11. The highest BCUT2D eigenvalue weighted by atomic mass is 35.5. The number of nitrogen functional groups attached to an aromatic ring is 1. The lowest BCUT2D eigenvalue weighted by Crippen LogP contribution is -2.22. The number of carbonyl (C=O) groups is 1. The number of halogens is 1. The molecule has 0 saturated carbocycles. The lowest BCUT2D eigenvalue weighted by Gasteiger charge is -2.14. The molecule has 2 heterocycles. The van der Waals surface area contributed by atoms with E-state index in [4.69, 9.17) is 34.2 Å². The number of hydrogen-bond acceptors (Lipinski definition) is 7. The third kappa shape index (κ3) is 5.36. The van der Waals surface area contributed by atoms with Gasteiger partial charge in [-0.15, -0.1) is 0 Å². The minimum absolute atomic E-state index is 0.0485. The van der Waals surface area contributed by atoms with Crippen LogP contribution in [0.25, 0.3) is 22.0 Å². The fraction of sp³-hybridized carbons (Fsp3) is 0.0800. The van der Waals surface area contributed by atoms with Crippen LogP contribution in [0.4, 0.5) is 5.82 Å². The minimum Gasteiger partial charge on any atom is -0.404 e. The second-order valence-electron chi connectivity index (χ2n) is 7.29. The van der Waals surface area contributed by atoms with Crippen LogP contribution in [0.3, 0.4) is 0 Å². The molecule has 0 radical (unpaired) electrons. The number of allylic oxidation sites excluding steroid dienone is 1. The molecule has 0 atom stereocenters. The van der Waals surface area contributed by atoms with Gasteiger partial charge in [0.1, 0.15) is 0 Å². The lowest BCUT2D eigenvalue weighted by atomic mass is 10.1. The number of aryl methyl sites for hydroxylation is 1. The van der Waals surface area contributed by atoms with E-state index >= 15 is 0 Å². The average Bonchev–Trinajstić information content (AvgIpc) is 2.86. The SMILES string of the molecule is CCc1cc2cccc(Cl)c2c(=O)n1-c1ccccc1.N=C/C(=C\N)c1cnc(N)c(C(N)=O)n1. The molecule has 0 unspecified atom stereocenters. The van der Waals surface area contributed by atoms with E-state index in [0.29, 0.717) is 16.0 Å². The van der Waals surface area contributed by atoms with Crippen molar-refractivity contribution in [1.82, 2.24) is 14.5 Å². The third-order valence-corrected chi connectivity index (χ3v) is 5.43. The number of anilines is 1. The van der Waals surface area contributed by atoms with Gasteiger partial charge in [0.15, 0.2) is 11.5 Å². The van der Waals surface area contributed by atoms with Gasteiger partial charge in [0, 0.05) is 29.4 Å². The Hall–Kier alpha value is -4.50. The zero-order chi connectivity index (χ0) is 25.5. The Morgan fingerprint density at radius 3 is 2.49 bits per heavy atom. The van der Waals surface area contributed by atoms with Crippen LogP contribution in [-0.4, -0.2) is 26.7 Å². The van der Waals surface area contributed by atoms with Crippen LogP contribution in [-0.2, 0) is 6.42 Å². The largest absolute Gasteiger partial charge is 0.404 e. The van der Waals surface area contributed by atoms with E-state index in [1.165, 1.54) is 12.4 Å². The van der Waals surface area contributed by atoms with E-state index in [0.717, 1.165) is 29.4 Å². The number of nitrogens with zero attached hydrogens (tertiary/aromatic N) is 3. The summed E-state index contributed by atoms with van der Waals surface area (Å²) in [6, 6.07) is 17.3. The standard InChI is InChI=1S/C17H14ClNO.C8H10N6O/c1-2-13-11-12-7-6-10-15(18)16(12)17(20)19(13)14-8-4-3-5-9-14;9-1-4(2-10)5-3-13-7(11)6(14-5)8(12)15/h3-11H,2H2,1H3;1-3,9H,10H2,(H2,11,13)(H2,12,15)/b;4-2+,9-1?. The highest BCUT2D eigenvalue weighted by Gasteiger charge is 2.12. The first-order valence-corrected chi connectivity index (χ1v) is 10.9.